The zero-order chi connectivity index (χ0) is 8.57. The van der Waals surface area contributed by atoms with Gasteiger partial charge < -0.3 is 0 Å². The third-order valence-corrected chi connectivity index (χ3v) is 0.377. The van der Waals surface area contributed by atoms with E-state index >= 15 is 0 Å². The topological polar surface area (TPSA) is 35.8 Å². The van der Waals surface area contributed by atoms with Gasteiger partial charge in [-0.15, -0.1) is 12.6 Å². The summed E-state index contributed by atoms with van der Waals surface area (Å²) in [5.41, 5.74) is 0. The minimum atomic E-state index is 0.206. The molecule has 0 atom stereocenters. The normalized spacial score (nSPS) is 7.30. The molecule has 0 heterocycles. The number of nitrogens with zero attached hydrogens (tertiary/aromatic N) is 1. The number of thiol groups is 1. The van der Waals surface area contributed by atoms with Crippen molar-refractivity contribution >= 4 is 78.1 Å². The second-order valence-electron chi connectivity index (χ2n) is 2.27. The van der Waals surface area contributed by atoms with E-state index in [0.29, 0.717) is 0 Å². The standard InChI is InChI=1S/C3H7.C2H2N2S2.K/c1-3-2;3-1-4-2(5)6;/h3H,1-2H3;(H2,4,5,6);. The van der Waals surface area contributed by atoms with Crippen LogP contribution in [0.4, 0.5) is 0 Å². The minimum Gasteiger partial charge on any atom is -0.278 e. The third-order valence-electron chi connectivity index (χ3n) is 0.163. The van der Waals surface area contributed by atoms with Crippen molar-refractivity contribution in [3.05, 3.63) is 0 Å². The van der Waals surface area contributed by atoms with Crippen LogP contribution in [-0.4, -0.2) is 53.3 Å². The SMILES string of the molecule is C[CH](C)[K].N#CNC(=S)S. The molecule has 0 aromatic rings. The van der Waals surface area contributed by atoms with E-state index in [9.17, 15) is 0 Å². The van der Waals surface area contributed by atoms with E-state index in [1.807, 2.05) is 0 Å². The number of thiocarbonyl (C=S) groups is 1. The van der Waals surface area contributed by atoms with Crippen LogP contribution in [-0.2, 0) is 0 Å². The van der Waals surface area contributed by atoms with Crippen molar-refractivity contribution in [1.29, 1.82) is 5.26 Å². The molecule has 2 nitrogen and oxygen atoms in total. The largest absolute Gasteiger partial charge is 0.278 e. The maximum Gasteiger partial charge on any atom is 0.182 e. The van der Waals surface area contributed by atoms with Crippen molar-refractivity contribution in [2.75, 3.05) is 0 Å². The Morgan fingerprint density at radius 3 is 2.10 bits per heavy atom. The summed E-state index contributed by atoms with van der Waals surface area (Å²) < 4.78 is 1.23. The van der Waals surface area contributed by atoms with Gasteiger partial charge in [0.15, 0.2) is 6.19 Å². The van der Waals surface area contributed by atoms with E-state index in [2.05, 4.69) is 44.0 Å². The summed E-state index contributed by atoms with van der Waals surface area (Å²) in [4.78, 5) is 0. The van der Waals surface area contributed by atoms with Crippen LogP contribution in [0.3, 0.4) is 0 Å². The van der Waals surface area contributed by atoms with E-state index < -0.39 is 0 Å². The third kappa shape index (κ3) is 34.4. The monoisotopic (exact) mass is 200 g/mol. The van der Waals surface area contributed by atoms with Crippen LogP contribution in [0.1, 0.15) is 13.8 Å². The van der Waals surface area contributed by atoms with E-state index in [4.69, 9.17) is 5.26 Å². The second-order valence-corrected chi connectivity index (χ2v) is 7.04. The predicted octanol–water partition coefficient (Wildman–Crippen LogP) is 1.25. The van der Waals surface area contributed by atoms with Crippen LogP contribution in [0.25, 0.3) is 0 Å². The summed E-state index contributed by atoms with van der Waals surface area (Å²) in [6, 6.07) is 0. The molecule has 0 saturated carbocycles. The molecule has 0 unspecified atom stereocenters. The molecular weight excluding hydrogens is 191 g/mol. The number of rotatable bonds is 0. The fourth-order valence-electron chi connectivity index (χ4n) is 0.0478. The summed E-state index contributed by atoms with van der Waals surface area (Å²) in [7, 11) is 0. The molecule has 0 fully saturated rings. The van der Waals surface area contributed by atoms with Crippen molar-refractivity contribution in [1.82, 2.24) is 5.32 Å². The first-order chi connectivity index (χ1) is 4.50. The molecular formula is C5H9KN2S2. The van der Waals surface area contributed by atoms with Crippen LogP contribution in [0.5, 0.6) is 0 Å². The molecule has 0 rings (SSSR count). The van der Waals surface area contributed by atoms with Gasteiger partial charge in [0, 0.05) is 0 Å². The van der Waals surface area contributed by atoms with Crippen molar-refractivity contribution in [3.8, 4) is 6.19 Å². The van der Waals surface area contributed by atoms with Gasteiger partial charge in [0.2, 0.25) is 0 Å². The van der Waals surface area contributed by atoms with E-state index in [0.717, 1.165) is 49.0 Å². The van der Waals surface area contributed by atoms with Crippen LogP contribution < -0.4 is 5.32 Å². The van der Waals surface area contributed by atoms with Gasteiger partial charge in [-0.2, -0.15) is 5.26 Å². The molecule has 1 N–H and O–H groups in total. The van der Waals surface area contributed by atoms with Gasteiger partial charge in [-0.3, -0.25) is 5.32 Å². The summed E-state index contributed by atoms with van der Waals surface area (Å²) in [5, 5.41) is 9.85. The van der Waals surface area contributed by atoms with E-state index in [1.165, 1.54) is 0 Å². The maximum absolute atomic E-state index is 7.74. The van der Waals surface area contributed by atoms with Gasteiger partial charge in [0.25, 0.3) is 0 Å². The maximum atomic E-state index is 7.74. The first-order valence-corrected chi connectivity index (χ1v) is 5.54. The molecule has 0 aliphatic carbocycles. The Hall–Kier alpha value is 1.37. The molecule has 0 aliphatic heterocycles. The molecule has 0 spiro atoms. The molecule has 0 aromatic heterocycles. The summed E-state index contributed by atoms with van der Waals surface area (Å²) in [6.07, 6.45) is 1.60. The average Bonchev–Trinajstić information content (AvgIpc) is 1.62. The smallest absolute Gasteiger partial charge is 0.182 e. The summed E-state index contributed by atoms with van der Waals surface area (Å²) in [5.74, 6) is 0. The van der Waals surface area contributed by atoms with Crippen LogP contribution in [0.15, 0.2) is 0 Å². The van der Waals surface area contributed by atoms with E-state index in [-0.39, 0.29) is 4.32 Å². The first-order valence-electron chi connectivity index (χ1n) is 2.88. The Morgan fingerprint density at radius 1 is 1.80 bits per heavy atom. The molecule has 0 bridgehead atoms. The quantitative estimate of drug-likeness (QED) is 0.203. The predicted molar refractivity (Wildman–Crippen MR) is 51.2 cm³/mol. The molecule has 0 aromatic carbocycles. The Kier molecular flexibility index (Phi) is 14.4. The molecule has 0 amide bonds. The van der Waals surface area contributed by atoms with Crippen molar-refractivity contribution in [3.63, 3.8) is 0 Å². The molecule has 5 heteroatoms. The van der Waals surface area contributed by atoms with Gasteiger partial charge in [0.1, 0.15) is 4.32 Å². The molecule has 0 aliphatic rings. The molecule has 10 heavy (non-hydrogen) atoms. The van der Waals surface area contributed by atoms with Crippen LogP contribution in [0, 0.1) is 11.5 Å². The van der Waals surface area contributed by atoms with Gasteiger partial charge in [-0.25, -0.2) is 0 Å². The Bertz CT molecular complexity index is 127. The van der Waals surface area contributed by atoms with Crippen molar-refractivity contribution < 1.29 is 0 Å². The molecule has 0 radical (unpaired) electrons. The minimum absolute atomic E-state index is 0.206. The Morgan fingerprint density at radius 2 is 2.10 bits per heavy atom. The fourth-order valence-corrected chi connectivity index (χ4v) is 0.143. The number of hydrogen-bond acceptors (Lipinski definition) is 2. The molecule has 52 valence electrons. The number of hydrogen-bond donors (Lipinski definition) is 2. The Labute approximate surface area is 107 Å². The number of nitrogens with one attached hydrogen (secondary N) is 1. The summed E-state index contributed by atoms with van der Waals surface area (Å²) >= 11 is 8.96. The van der Waals surface area contributed by atoms with Gasteiger partial charge in [-0.1, -0.05) is 12.2 Å². The van der Waals surface area contributed by atoms with Crippen LogP contribution >= 0.6 is 24.8 Å². The first kappa shape index (κ1) is 13.9. The van der Waals surface area contributed by atoms with E-state index in [1.54, 1.807) is 6.19 Å². The summed E-state index contributed by atoms with van der Waals surface area (Å²) in [6.45, 7) is 4.50. The average molecular weight is 200 g/mol. The van der Waals surface area contributed by atoms with Gasteiger partial charge in [-0.05, 0) is 0 Å². The van der Waals surface area contributed by atoms with Crippen LogP contribution in [0.2, 0.25) is 0.0125 Å². The number of nitriles is 1. The van der Waals surface area contributed by atoms with Gasteiger partial charge >= 0.3 is 62.8 Å². The zero-order valence-corrected chi connectivity index (χ0v) is 11.2. The molecule has 0 saturated heterocycles. The Balaban J connectivity index is 0. The zero-order valence-electron chi connectivity index (χ0n) is 6.38. The second kappa shape index (κ2) is 10.4. The van der Waals surface area contributed by atoms with Crippen molar-refractivity contribution in [2.24, 2.45) is 0 Å². The fraction of sp³-hybridized carbons (Fsp3) is 0.600. The van der Waals surface area contributed by atoms with Gasteiger partial charge in [0.05, 0.1) is 0 Å². The van der Waals surface area contributed by atoms with Crippen molar-refractivity contribution in [2.45, 2.75) is 13.9 Å².